The van der Waals surface area contributed by atoms with Crippen LogP contribution in [0.2, 0.25) is 0 Å². The van der Waals surface area contributed by atoms with Crippen LogP contribution in [0.4, 0.5) is 0 Å². The van der Waals surface area contributed by atoms with Crippen molar-refractivity contribution in [1.82, 2.24) is 4.90 Å². The maximum atomic E-state index is 11.0. The van der Waals surface area contributed by atoms with Crippen LogP contribution in [0.1, 0.15) is 79.1 Å². The Morgan fingerprint density at radius 2 is 1.31 bits per heavy atom. The fourth-order valence-corrected chi connectivity index (χ4v) is 4.30. The van der Waals surface area contributed by atoms with Crippen molar-refractivity contribution in [2.24, 2.45) is 0 Å². The summed E-state index contributed by atoms with van der Waals surface area (Å²) in [6, 6.07) is 0. The fraction of sp³-hybridized carbons (Fsp3) is 0.773. The van der Waals surface area contributed by atoms with Crippen LogP contribution in [-0.4, -0.2) is 61.7 Å². The molecule has 0 saturated carbocycles. The van der Waals surface area contributed by atoms with Gasteiger partial charge in [-0.1, -0.05) is 36.8 Å². The molecule has 0 aromatic carbocycles. The van der Waals surface area contributed by atoms with Crippen molar-refractivity contribution in [3.05, 3.63) is 4.30 Å². The summed E-state index contributed by atoms with van der Waals surface area (Å²) in [4.78, 5) is 22.6. The zero-order valence-corrected chi connectivity index (χ0v) is 27.4. The molecule has 0 bridgehead atoms. The predicted octanol–water partition coefficient (Wildman–Crippen LogP) is 6.78. The van der Waals surface area contributed by atoms with E-state index in [-0.39, 0.29) is 22.5 Å². The molecule has 0 aliphatic carbocycles. The van der Waals surface area contributed by atoms with Crippen molar-refractivity contribution in [3.8, 4) is 0 Å². The molecule has 0 atom stereocenters. The summed E-state index contributed by atoms with van der Waals surface area (Å²) in [6.07, 6.45) is 10.7. The number of carbonyl (C=O) groups excluding carboxylic acids is 1. The highest BCUT2D eigenvalue weighted by molar-refractivity contribution is 8.24. The van der Waals surface area contributed by atoms with E-state index in [0.29, 0.717) is 0 Å². The van der Waals surface area contributed by atoms with Crippen LogP contribution in [0, 0.1) is 4.30 Å². The molecule has 35 heavy (non-hydrogen) atoms. The third-order valence-electron chi connectivity index (χ3n) is 4.29. The molecule has 0 aromatic heterocycles. The first-order chi connectivity index (χ1) is 15.8. The van der Waals surface area contributed by atoms with Crippen LogP contribution >= 0.6 is 96.0 Å². The van der Waals surface area contributed by atoms with Gasteiger partial charge >= 0.3 is 15.0 Å². The number of nitrogens with zero attached hydrogens (tertiary/aromatic N) is 1. The van der Waals surface area contributed by atoms with Crippen molar-refractivity contribution in [3.63, 3.8) is 0 Å². The number of hydrogen-bond acceptors (Lipinski definition) is 5. The van der Waals surface area contributed by atoms with E-state index in [0.717, 1.165) is 30.3 Å². The molecule has 2 saturated heterocycles. The summed E-state index contributed by atoms with van der Waals surface area (Å²) >= 11 is 28.1. The monoisotopic (exact) mass is 649 g/mol. The minimum absolute atomic E-state index is 0. The first-order valence-electron chi connectivity index (χ1n) is 11.2. The minimum Gasteiger partial charge on any atom is -0.480 e. The van der Waals surface area contributed by atoms with Crippen molar-refractivity contribution >= 4 is 117 Å². The fourth-order valence-electron chi connectivity index (χ4n) is 2.65. The molecule has 0 spiro atoms. The van der Waals surface area contributed by atoms with E-state index in [2.05, 4.69) is 35.1 Å². The number of thioether (sulfide) groups is 1. The molecule has 0 unspecified atom stereocenters. The molecule has 0 amide bonds. The van der Waals surface area contributed by atoms with Gasteiger partial charge in [0.2, 0.25) is 0 Å². The lowest BCUT2D eigenvalue weighted by molar-refractivity contribution is -0.653. The van der Waals surface area contributed by atoms with Gasteiger partial charge in [-0.25, -0.2) is 0 Å². The Hall–Kier alpha value is 0.720. The Kier molecular flexibility index (Phi) is 35.8. The molecule has 206 valence electrons. The van der Waals surface area contributed by atoms with Crippen molar-refractivity contribution in [1.29, 1.82) is 0 Å². The number of carbonyl (C=O) groups is 2. The van der Waals surface area contributed by atoms with Gasteiger partial charge in [-0.15, -0.1) is 12.4 Å². The number of quaternary nitrogens is 1. The van der Waals surface area contributed by atoms with Gasteiger partial charge in [0.1, 0.15) is 14.9 Å². The van der Waals surface area contributed by atoms with Crippen LogP contribution in [0.3, 0.4) is 0 Å². The zero-order chi connectivity index (χ0) is 27.0. The largest absolute Gasteiger partial charge is 0.480 e. The number of hydrogen-bond donors (Lipinski definition) is 3. The van der Waals surface area contributed by atoms with Gasteiger partial charge in [-0.05, 0) is 66.2 Å². The van der Waals surface area contributed by atoms with Crippen LogP contribution in [-0.2, 0) is 9.59 Å². The summed E-state index contributed by atoms with van der Waals surface area (Å²) in [5, 5.41) is 11.5. The van der Waals surface area contributed by atoms with Gasteiger partial charge in [0.05, 0.1) is 13.1 Å². The molecule has 0 radical (unpaired) electrons. The van der Waals surface area contributed by atoms with Crippen LogP contribution in [0.15, 0.2) is 0 Å². The van der Waals surface area contributed by atoms with Crippen molar-refractivity contribution in [2.75, 3.05) is 26.2 Å². The number of halogens is 4. The smallest absolute Gasteiger partial charge is 0.416 e. The normalized spacial score (nSPS) is 14.8. The van der Waals surface area contributed by atoms with E-state index in [1.165, 1.54) is 77.2 Å². The van der Waals surface area contributed by atoms with E-state index in [1.807, 2.05) is 4.70 Å². The third kappa shape index (κ3) is 36.9. The number of carboxylic acid groups (broad SMARTS) is 1. The number of nitrogens with two attached hydrogens (primary N) is 1. The number of thiocarbonyl (C=S) groups is 2. The summed E-state index contributed by atoms with van der Waals surface area (Å²) in [5.41, 5.74) is 0. The second-order valence-corrected chi connectivity index (χ2v) is 12.8. The van der Waals surface area contributed by atoms with Crippen LogP contribution in [0.5, 0.6) is 0 Å². The lowest BCUT2D eigenvalue weighted by Crippen LogP contribution is -2.83. The van der Waals surface area contributed by atoms with E-state index in [9.17, 15) is 9.59 Å². The van der Waals surface area contributed by atoms with E-state index >= 15 is 0 Å². The van der Waals surface area contributed by atoms with Crippen molar-refractivity contribution in [2.45, 2.75) is 83.8 Å². The highest BCUT2D eigenvalue weighted by Gasteiger charge is 2.31. The van der Waals surface area contributed by atoms with Crippen LogP contribution < -0.4 is 5.32 Å². The van der Waals surface area contributed by atoms with Gasteiger partial charge < -0.3 is 20.1 Å². The Labute approximate surface area is 254 Å². The Bertz CT molecular complexity index is 526. The maximum Gasteiger partial charge on any atom is 0.416 e. The molecule has 2 heterocycles. The number of likely N-dealkylation sites (tertiary alicyclic amines) is 1. The molecule has 3 N–H and O–H groups in total. The average Bonchev–Trinajstić information content (AvgIpc) is 3.16. The van der Waals surface area contributed by atoms with Gasteiger partial charge in [0, 0.05) is 13.1 Å². The maximum absolute atomic E-state index is 11.0. The third-order valence-corrected chi connectivity index (χ3v) is 5.91. The molecular weight excluding hydrogens is 610 g/mol. The minimum atomic E-state index is -0.830. The van der Waals surface area contributed by atoms with E-state index in [1.54, 1.807) is 13.8 Å². The van der Waals surface area contributed by atoms with Gasteiger partial charge in [0.15, 0.2) is 47.4 Å². The number of rotatable bonds is 2. The molecule has 5 nitrogen and oxygen atoms in total. The summed E-state index contributed by atoms with van der Waals surface area (Å²) in [7, 11) is 0. The quantitative estimate of drug-likeness (QED) is 0.173. The van der Waals surface area contributed by atoms with Crippen molar-refractivity contribution < 1.29 is 20.0 Å². The first kappa shape index (κ1) is 42.8. The Balaban J connectivity index is -0.000000209. The summed E-state index contributed by atoms with van der Waals surface area (Å²) in [6.45, 7) is 11.2. The van der Waals surface area contributed by atoms with Gasteiger partial charge in [-0.3, -0.25) is 4.79 Å². The van der Waals surface area contributed by atoms with E-state index in [4.69, 9.17) is 52.1 Å². The van der Waals surface area contributed by atoms with Gasteiger partial charge in [0.25, 0.3) is 12.2 Å². The number of aliphatic carboxylic acids is 1. The molecule has 0 aromatic rings. The highest BCUT2D eigenvalue weighted by atomic mass is 35.6. The second-order valence-electron chi connectivity index (χ2n) is 8.08. The lowest BCUT2D eigenvalue weighted by atomic mass is 10.2. The van der Waals surface area contributed by atoms with E-state index < -0.39 is 10.7 Å². The topological polar surface area (TPSA) is 74.2 Å². The Morgan fingerprint density at radius 3 is 1.63 bits per heavy atom. The Morgan fingerprint density at radius 1 is 1.00 bits per heavy atom. The average molecular weight is 652 g/mol. The zero-order valence-electron chi connectivity index (χ0n) is 21.0. The number of carboxylic acids is 1. The molecule has 2 fully saturated rings. The lowest BCUT2D eigenvalue weighted by Gasteiger charge is -2.27. The molecule has 2 rings (SSSR count). The van der Waals surface area contributed by atoms with Gasteiger partial charge in [-0.2, -0.15) is 0 Å². The standard InChI is InChI=1S/C11H19NO2S2.C6H13N.C3H6O.CCl3.CHS2.ClH/c1-11(2,9(13)14)16-10(15)12-7-5-3-4-6-8-12;1-2-4-6-7-5-3-1;1-3(2)4;2-1(3)4;2-1-3;/h3-8H2,1-2H3,(H,13,14);7H,1-6H2;1-2H3;;(H,2,3);1H/q;;;2*+1;/p+1. The highest BCUT2D eigenvalue weighted by Crippen LogP contribution is 2.28. The number of Topliss-reactive ketones (excluding diaryl/α,β-unsaturated/α-hetero) is 1. The number of thiol groups is 1. The molecule has 2 aliphatic rings. The molecular formula is C22H41Cl4N2O3S4+3. The predicted molar refractivity (Wildman–Crippen MR) is 168 cm³/mol. The van der Waals surface area contributed by atoms with Crippen LogP contribution in [0.25, 0.3) is 0 Å². The first-order valence-corrected chi connectivity index (χ1v) is 14.4. The SMILES string of the molecule is C1CCC[NH2+]CC1.CC(C)(SC(=S)N1CCCCCC1)C(=O)O.CC(C)=O.Cl.Cl[C+](Cl)Cl.S=[C+]S. The number of ketones is 1. The summed E-state index contributed by atoms with van der Waals surface area (Å²) in [5.74, 6) is -0.644. The second kappa shape index (κ2) is 29.3. The molecule has 13 heteroatoms. The summed E-state index contributed by atoms with van der Waals surface area (Å²) < 4.78 is 1.76. The molecule has 2 aliphatic heterocycles.